The van der Waals surface area contributed by atoms with Crippen LogP contribution in [0.1, 0.15) is 38.5 Å². The molecule has 0 rings (SSSR count). The van der Waals surface area contributed by atoms with E-state index in [0.717, 1.165) is 0 Å². The second-order valence-electron chi connectivity index (χ2n) is 8.32. The third kappa shape index (κ3) is 7.24. The van der Waals surface area contributed by atoms with Crippen molar-refractivity contribution in [3.05, 3.63) is 0 Å². The summed E-state index contributed by atoms with van der Waals surface area (Å²) in [6, 6.07) is 0. The number of rotatable bonds is 15. The summed E-state index contributed by atoms with van der Waals surface area (Å²) in [4.78, 5) is 0. The number of hydrogen-bond donors (Lipinski definition) is 2. The highest BCUT2D eigenvalue weighted by molar-refractivity contribution is 5.12. The van der Waals surface area contributed by atoms with Gasteiger partial charge in [0.15, 0.2) is 0 Å². The molecule has 0 aliphatic carbocycles. The monoisotopic (exact) mass is 610 g/mol. The Morgan fingerprint density at radius 2 is 0.632 bits per heavy atom. The third-order valence-electron chi connectivity index (χ3n) is 5.45. The lowest BCUT2D eigenvalue weighted by atomic mass is 9.84. The highest BCUT2D eigenvalue weighted by Crippen LogP contribution is 2.62. The summed E-state index contributed by atoms with van der Waals surface area (Å²) in [5, 5.41) is 16.9. The van der Waals surface area contributed by atoms with Gasteiger partial charge < -0.3 is 10.2 Å². The van der Waals surface area contributed by atoms with Gasteiger partial charge in [-0.1, -0.05) is 0 Å². The first-order valence-electron chi connectivity index (χ1n) is 10.2. The highest BCUT2D eigenvalue weighted by atomic mass is 19.4. The van der Waals surface area contributed by atoms with Crippen molar-refractivity contribution in [2.75, 3.05) is 13.2 Å². The lowest BCUT2D eigenvalue weighted by Gasteiger charge is -2.42. The second-order valence-corrected chi connectivity index (χ2v) is 8.32. The van der Waals surface area contributed by atoms with Gasteiger partial charge in [0.05, 0.1) is 11.8 Å². The maximum atomic E-state index is 13.9. The van der Waals surface area contributed by atoms with Gasteiger partial charge in [-0.05, 0) is 25.7 Å². The number of aliphatic hydroxyl groups is 2. The molecule has 0 aromatic rings. The zero-order valence-electron chi connectivity index (χ0n) is 18.5. The third-order valence-corrected chi connectivity index (χ3v) is 5.45. The molecule has 0 aromatic carbocycles. The largest absolute Gasteiger partial charge is 0.396 e. The quantitative estimate of drug-likeness (QED) is 0.189. The molecular weight excluding hydrogens is 590 g/mol. The fraction of sp³-hybridized carbons (Fsp3) is 1.00. The molecule has 0 radical (unpaired) electrons. The maximum absolute atomic E-state index is 13.9. The molecule has 2 N–H and O–H groups in total. The van der Waals surface area contributed by atoms with Crippen LogP contribution in [-0.4, -0.2) is 71.3 Å². The van der Waals surface area contributed by atoms with Gasteiger partial charge in [0.2, 0.25) is 0 Å². The Hall–Kier alpha value is -1.34. The minimum atomic E-state index is -8.25. The van der Waals surface area contributed by atoms with Gasteiger partial charge in [0, 0.05) is 26.1 Å². The molecular formula is C18H20F18O2. The first-order valence-corrected chi connectivity index (χ1v) is 10.2. The van der Waals surface area contributed by atoms with Crippen LogP contribution in [0.2, 0.25) is 0 Å². The van der Waals surface area contributed by atoms with Crippen LogP contribution in [0.25, 0.3) is 0 Å². The van der Waals surface area contributed by atoms with Crippen LogP contribution in [0.5, 0.6) is 0 Å². The van der Waals surface area contributed by atoms with Crippen molar-refractivity contribution in [3.63, 3.8) is 0 Å². The predicted molar refractivity (Wildman–Crippen MR) is 90.6 cm³/mol. The average Bonchev–Trinajstić information content (AvgIpc) is 2.71. The molecule has 0 aliphatic rings. The summed E-state index contributed by atoms with van der Waals surface area (Å²) in [5.41, 5.74) is 0. The van der Waals surface area contributed by atoms with E-state index in [4.69, 9.17) is 10.2 Å². The van der Waals surface area contributed by atoms with Crippen LogP contribution < -0.4 is 0 Å². The minimum absolute atomic E-state index is 1.06. The number of hydrogen-bond acceptors (Lipinski definition) is 2. The van der Waals surface area contributed by atoms with Crippen molar-refractivity contribution in [2.45, 2.75) is 86.4 Å². The van der Waals surface area contributed by atoms with Crippen LogP contribution in [0.15, 0.2) is 0 Å². The Labute approximate surface area is 202 Å². The molecule has 0 aliphatic heterocycles. The summed E-state index contributed by atoms with van der Waals surface area (Å²) in [6.45, 7) is -2.36. The SMILES string of the molecule is OCCCC(CC(F)(F)C(F)(F)C(F)(F)C(F)(F)C(F)(F)C(F)(F)CC(CCCO)C(F)(F)F)C(F)(F)F. The van der Waals surface area contributed by atoms with Gasteiger partial charge in [-0.15, -0.1) is 0 Å². The van der Waals surface area contributed by atoms with E-state index in [1.54, 1.807) is 0 Å². The molecule has 0 aromatic heterocycles. The molecule has 0 bridgehead atoms. The lowest BCUT2D eigenvalue weighted by molar-refractivity contribution is -0.429. The van der Waals surface area contributed by atoms with E-state index in [2.05, 4.69) is 0 Å². The molecule has 38 heavy (non-hydrogen) atoms. The standard InChI is InChI=1S/C18H20F18O2/c19-11(20,7-9(3-1-5-37)13(23,24)25)15(29,30)17(33,34)18(35,36)16(31,32)12(21,22)8-10(4-2-6-38)14(26,27)28/h9-10,37-38H,1-8H2. The Morgan fingerprint density at radius 1 is 0.395 bits per heavy atom. The average molecular weight is 610 g/mol. The van der Waals surface area contributed by atoms with Crippen molar-refractivity contribution in [2.24, 2.45) is 11.8 Å². The van der Waals surface area contributed by atoms with Gasteiger partial charge in [-0.25, -0.2) is 0 Å². The molecule has 0 saturated carbocycles. The molecule has 0 spiro atoms. The molecule has 0 heterocycles. The van der Waals surface area contributed by atoms with Gasteiger partial charge in [0.25, 0.3) is 0 Å². The van der Waals surface area contributed by atoms with Crippen molar-refractivity contribution < 1.29 is 89.2 Å². The summed E-state index contributed by atoms with van der Waals surface area (Å²) < 4.78 is 244. The van der Waals surface area contributed by atoms with E-state index >= 15 is 0 Å². The predicted octanol–water partition coefficient (Wildman–Crippen LogP) is 7.48. The van der Waals surface area contributed by atoms with Crippen molar-refractivity contribution >= 4 is 0 Å². The van der Waals surface area contributed by atoms with Crippen LogP contribution >= 0.6 is 0 Å². The Balaban J connectivity index is 6.49. The Bertz CT molecular complexity index is 681. The fourth-order valence-corrected chi connectivity index (χ4v) is 3.17. The highest BCUT2D eigenvalue weighted by Gasteiger charge is 2.90. The van der Waals surface area contributed by atoms with Gasteiger partial charge >= 0.3 is 47.9 Å². The lowest BCUT2D eigenvalue weighted by Crippen LogP contribution is -2.71. The summed E-state index contributed by atoms with van der Waals surface area (Å²) in [6.07, 6.45) is -24.1. The Morgan fingerprint density at radius 3 is 0.816 bits per heavy atom. The van der Waals surface area contributed by atoms with Gasteiger partial charge in [-0.3, -0.25) is 0 Å². The molecule has 20 heteroatoms. The first kappa shape index (κ1) is 36.7. The van der Waals surface area contributed by atoms with E-state index in [1.807, 2.05) is 0 Å². The molecule has 2 nitrogen and oxygen atoms in total. The molecule has 0 saturated heterocycles. The molecule has 0 amide bonds. The number of aliphatic hydroxyl groups excluding tert-OH is 2. The summed E-state index contributed by atoms with van der Waals surface area (Å²) in [5.74, 6) is -53.5. The molecule has 2 unspecified atom stereocenters. The van der Waals surface area contributed by atoms with Crippen LogP contribution in [0, 0.1) is 11.8 Å². The fourth-order valence-electron chi connectivity index (χ4n) is 3.17. The van der Waals surface area contributed by atoms with Crippen LogP contribution in [-0.2, 0) is 0 Å². The smallest absolute Gasteiger partial charge is 0.392 e. The van der Waals surface area contributed by atoms with Crippen LogP contribution in [0.3, 0.4) is 0 Å². The van der Waals surface area contributed by atoms with E-state index < -0.39 is 111 Å². The van der Waals surface area contributed by atoms with E-state index in [1.165, 1.54) is 0 Å². The van der Waals surface area contributed by atoms with Crippen molar-refractivity contribution in [3.8, 4) is 0 Å². The topological polar surface area (TPSA) is 40.5 Å². The molecule has 0 fully saturated rings. The first-order chi connectivity index (χ1) is 16.6. The number of alkyl halides is 18. The zero-order chi connectivity index (χ0) is 30.8. The normalized spacial score (nSPS) is 17.1. The maximum Gasteiger partial charge on any atom is 0.392 e. The van der Waals surface area contributed by atoms with Gasteiger partial charge in [0.1, 0.15) is 0 Å². The molecule has 230 valence electrons. The Kier molecular flexibility index (Phi) is 11.2. The van der Waals surface area contributed by atoms with E-state index in [9.17, 15) is 79.0 Å². The van der Waals surface area contributed by atoms with Gasteiger partial charge in [-0.2, -0.15) is 79.0 Å². The minimum Gasteiger partial charge on any atom is -0.396 e. The molecule has 2 atom stereocenters. The van der Waals surface area contributed by atoms with Crippen LogP contribution in [0.4, 0.5) is 79.0 Å². The second kappa shape index (κ2) is 11.6. The van der Waals surface area contributed by atoms with Crippen molar-refractivity contribution in [1.82, 2.24) is 0 Å². The van der Waals surface area contributed by atoms with E-state index in [0.29, 0.717) is 0 Å². The van der Waals surface area contributed by atoms with Crippen molar-refractivity contribution in [1.29, 1.82) is 0 Å². The summed E-state index contributed by atoms with van der Waals surface area (Å²) >= 11 is 0. The summed E-state index contributed by atoms with van der Waals surface area (Å²) in [7, 11) is 0. The van der Waals surface area contributed by atoms with E-state index in [-0.39, 0.29) is 0 Å². The number of halogens is 18. The zero-order valence-corrected chi connectivity index (χ0v) is 18.5.